The maximum atomic E-state index is 11.1. The van der Waals surface area contributed by atoms with E-state index in [4.69, 9.17) is 9.47 Å². The van der Waals surface area contributed by atoms with E-state index in [-0.39, 0.29) is 5.57 Å². The predicted molar refractivity (Wildman–Crippen MR) is 50.1 cm³/mol. The minimum absolute atomic E-state index is 0.171. The van der Waals surface area contributed by atoms with Crippen molar-refractivity contribution >= 4 is 5.97 Å². The quantitative estimate of drug-likeness (QED) is 0.511. The van der Waals surface area contributed by atoms with Crippen LogP contribution in [-0.2, 0) is 19.0 Å². The van der Waals surface area contributed by atoms with Crippen molar-refractivity contribution < 1.29 is 19.0 Å². The molecule has 0 N–H and O–H groups in total. The molecule has 0 aromatic heterocycles. The van der Waals surface area contributed by atoms with Gasteiger partial charge >= 0.3 is 5.97 Å². The molecular formula is C10H14O4. The third-order valence-corrected chi connectivity index (χ3v) is 2.11. The van der Waals surface area contributed by atoms with Crippen molar-refractivity contribution in [3.8, 4) is 0 Å². The zero-order chi connectivity index (χ0) is 10.8. The van der Waals surface area contributed by atoms with E-state index in [1.54, 1.807) is 6.92 Å². The monoisotopic (exact) mass is 198 g/mol. The van der Waals surface area contributed by atoms with Crippen LogP contribution in [0.2, 0.25) is 0 Å². The molecular weight excluding hydrogens is 184 g/mol. The number of hydrogen-bond acceptors (Lipinski definition) is 4. The van der Waals surface area contributed by atoms with Gasteiger partial charge in [-0.05, 0) is 0 Å². The van der Waals surface area contributed by atoms with Crippen LogP contribution in [0.15, 0.2) is 24.2 Å². The fourth-order valence-corrected chi connectivity index (χ4v) is 0.971. The molecule has 0 aromatic rings. The Morgan fingerprint density at radius 3 is 2.79 bits per heavy atom. The van der Waals surface area contributed by atoms with Gasteiger partial charge in [-0.3, -0.25) is 0 Å². The first kappa shape index (κ1) is 10.6. The average molecular weight is 198 g/mol. The fraction of sp³-hybridized carbons (Fsp3) is 0.500. The Labute approximate surface area is 83.1 Å². The van der Waals surface area contributed by atoms with Crippen molar-refractivity contribution in [3.05, 3.63) is 24.2 Å². The minimum atomic E-state index is -0.688. The summed E-state index contributed by atoms with van der Waals surface area (Å²) in [6.07, 6.45) is 2.07. The maximum Gasteiger partial charge on any atom is 0.341 e. The zero-order valence-electron chi connectivity index (χ0n) is 8.62. The van der Waals surface area contributed by atoms with E-state index >= 15 is 0 Å². The van der Waals surface area contributed by atoms with Crippen LogP contribution in [0.1, 0.15) is 20.3 Å². The molecule has 1 atom stereocenters. The van der Waals surface area contributed by atoms with Gasteiger partial charge in [0, 0.05) is 13.3 Å². The van der Waals surface area contributed by atoms with E-state index in [1.165, 1.54) is 13.4 Å². The highest BCUT2D eigenvalue weighted by molar-refractivity contribution is 5.91. The molecule has 78 valence electrons. The Morgan fingerprint density at radius 2 is 2.36 bits per heavy atom. The summed E-state index contributed by atoms with van der Waals surface area (Å²) in [5.74, 6) is -0.867. The molecule has 4 nitrogen and oxygen atoms in total. The largest absolute Gasteiger partial charge is 0.465 e. The molecule has 0 radical (unpaired) electrons. The fourth-order valence-electron chi connectivity index (χ4n) is 0.971. The lowest BCUT2D eigenvalue weighted by molar-refractivity contribution is -0.140. The highest BCUT2D eigenvalue weighted by Gasteiger charge is 2.34. The normalized spacial score (nSPS) is 24.6. The summed E-state index contributed by atoms with van der Waals surface area (Å²) in [5.41, 5.74) is 0.171. The molecule has 0 aromatic carbocycles. The Hall–Kier alpha value is -1.45. The van der Waals surface area contributed by atoms with Crippen molar-refractivity contribution in [2.45, 2.75) is 26.1 Å². The lowest BCUT2D eigenvalue weighted by atomic mass is 10.2. The number of methoxy groups -OCH3 is 1. The smallest absolute Gasteiger partial charge is 0.341 e. The van der Waals surface area contributed by atoms with Crippen LogP contribution in [0.4, 0.5) is 0 Å². The van der Waals surface area contributed by atoms with Crippen molar-refractivity contribution in [1.29, 1.82) is 0 Å². The van der Waals surface area contributed by atoms with Gasteiger partial charge in [0.1, 0.15) is 6.26 Å². The molecule has 1 rings (SSSR count). The SMILES string of the molecule is C=C(C(=O)OC)C1=COC(C)(CC)O1. The molecule has 1 aliphatic rings. The minimum Gasteiger partial charge on any atom is -0.465 e. The second-order valence-electron chi connectivity index (χ2n) is 3.16. The van der Waals surface area contributed by atoms with E-state index < -0.39 is 11.8 Å². The molecule has 1 unspecified atom stereocenters. The summed E-state index contributed by atoms with van der Waals surface area (Å²) in [6.45, 7) is 7.28. The van der Waals surface area contributed by atoms with Gasteiger partial charge in [-0.15, -0.1) is 0 Å². The molecule has 0 amide bonds. The summed E-state index contributed by atoms with van der Waals surface area (Å²) in [6, 6.07) is 0. The summed E-state index contributed by atoms with van der Waals surface area (Å²) in [5, 5.41) is 0. The van der Waals surface area contributed by atoms with E-state index in [1.807, 2.05) is 6.92 Å². The predicted octanol–water partition coefficient (Wildman–Crippen LogP) is 1.73. The van der Waals surface area contributed by atoms with Gasteiger partial charge in [-0.25, -0.2) is 4.79 Å². The molecule has 0 spiro atoms. The van der Waals surface area contributed by atoms with Gasteiger partial charge in [-0.1, -0.05) is 13.5 Å². The average Bonchev–Trinajstić information content (AvgIpc) is 2.59. The lowest BCUT2D eigenvalue weighted by Crippen LogP contribution is -2.25. The first-order valence-corrected chi connectivity index (χ1v) is 4.37. The van der Waals surface area contributed by atoms with E-state index in [2.05, 4.69) is 11.3 Å². The van der Waals surface area contributed by atoms with E-state index in [0.717, 1.165) is 0 Å². The standard InChI is InChI=1S/C10H14O4/c1-5-10(3)13-6-8(14-10)7(2)9(11)12-4/h6H,2,5H2,1,3-4H3. The molecule has 1 heterocycles. The highest BCUT2D eigenvalue weighted by Crippen LogP contribution is 2.31. The first-order chi connectivity index (χ1) is 6.52. The number of esters is 1. The Kier molecular flexibility index (Phi) is 2.84. The van der Waals surface area contributed by atoms with Crippen LogP contribution in [0.3, 0.4) is 0 Å². The number of rotatable bonds is 3. The van der Waals surface area contributed by atoms with Gasteiger partial charge in [0.25, 0.3) is 0 Å². The highest BCUT2D eigenvalue weighted by atomic mass is 16.7. The van der Waals surface area contributed by atoms with Gasteiger partial charge < -0.3 is 14.2 Å². The van der Waals surface area contributed by atoms with Gasteiger partial charge in [0.05, 0.1) is 12.7 Å². The van der Waals surface area contributed by atoms with Crippen molar-refractivity contribution in [1.82, 2.24) is 0 Å². The van der Waals surface area contributed by atoms with Crippen LogP contribution >= 0.6 is 0 Å². The van der Waals surface area contributed by atoms with Crippen LogP contribution < -0.4 is 0 Å². The number of carbonyl (C=O) groups excluding carboxylic acids is 1. The number of ether oxygens (including phenoxy) is 3. The van der Waals surface area contributed by atoms with E-state index in [9.17, 15) is 4.79 Å². The molecule has 0 saturated heterocycles. The molecule has 0 aliphatic carbocycles. The Bertz CT molecular complexity index is 292. The number of hydrogen-bond donors (Lipinski definition) is 0. The third kappa shape index (κ3) is 1.89. The third-order valence-electron chi connectivity index (χ3n) is 2.11. The van der Waals surface area contributed by atoms with Crippen molar-refractivity contribution in [2.75, 3.05) is 7.11 Å². The van der Waals surface area contributed by atoms with Crippen LogP contribution in [-0.4, -0.2) is 18.9 Å². The summed E-state index contributed by atoms with van der Waals surface area (Å²) < 4.78 is 15.2. The molecule has 0 bridgehead atoms. The van der Waals surface area contributed by atoms with Crippen molar-refractivity contribution in [2.24, 2.45) is 0 Å². The Morgan fingerprint density at radius 1 is 1.71 bits per heavy atom. The van der Waals surface area contributed by atoms with Crippen molar-refractivity contribution in [3.63, 3.8) is 0 Å². The summed E-state index contributed by atoms with van der Waals surface area (Å²) in [4.78, 5) is 11.1. The van der Waals surface area contributed by atoms with Gasteiger partial charge in [0.15, 0.2) is 5.76 Å². The van der Waals surface area contributed by atoms with Gasteiger partial charge in [0.2, 0.25) is 5.79 Å². The van der Waals surface area contributed by atoms with Crippen LogP contribution in [0.25, 0.3) is 0 Å². The molecule has 14 heavy (non-hydrogen) atoms. The van der Waals surface area contributed by atoms with Crippen LogP contribution in [0.5, 0.6) is 0 Å². The van der Waals surface area contributed by atoms with Crippen LogP contribution in [0, 0.1) is 0 Å². The lowest BCUT2D eigenvalue weighted by Gasteiger charge is -2.22. The van der Waals surface area contributed by atoms with E-state index in [0.29, 0.717) is 12.2 Å². The molecule has 0 fully saturated rings. The topological polar surface area (TPSA) is 44.8 Å². The number of carbonyl (C=O) groups is 1. The second kappa shape index (κ2) is 3.74. The van der Waals surface area contributed by atoms with Gasteiger partial charge in [-0.2, -0.15) is 0 Å². The zero-order valence-corrected chi connectivity index (χ0v) is 8.62. The molecule has 0 saturated carbocycles. The molecule has 4 heteroatoms. The summed E-state index contributed by atoms with van der Waals surface area (Å²) >= 11 is 0. The molecule has 1 aliphatic heterocycles. The maximum absolute atomic E-state index is 11.1. The second-order valence-corrected chi connectivity index (χ2v) is 3.16. The Balaban J connectivity index is 2.66. The first-order valence-electron chi connectivity index (χ1n) is 4.37. The summed E-state index contributed by atoms with van der Waals surface area (Å²) in [7, 11) is 1.29.